The number of aromatic nitrogens is 2. The fourth-order valence-corrected chi connectivity index (χ4v) is 2.25. The van der Waals surface area contributed by atoms with E-state index in [0.717, 1.165) is 11.5 Å². The van der Waals surface area contributed by atoms with Crippen LogP contribution in [0.4, 0.5) is 5.82 Å². The van der Waals surface area contributed by atoms with Crippen molar-refractivity contribution >= 4 is 11.7 Å². The Balaban J connectivity index is 2.31. The van der Waals surface area contributed by atoms with E-state index in [-0.39, 0.29) is 17.9 Å². The second-order valence-corrected chi connectivity index (χ2v) is 4.99. The van der Waals surface area contributed by atoms with Crippen molar-refractivity contribution < 1.29 is 4.79 Å². The number of hydrogen-bond acceptors (Lipinski definition) is 3. The third kappa shape index (κ3) is 2.20. The standard InChI is InChI=1S/C12H20N4O/c1-8(2)16-11(4-9(3)14-16)15-7-10(6-13)5-12(15)17/h4,8,10H,5-7,13H2,1-3H3. The highest BCUT2D eigenvalue weighted by atomic mass is 16.2. The first-order valence-electron chi connectivity index (χ1n) is 6.09. The van der Waals surface area contributed by atoms with Crippen LogP contribution < -0.4 is 10.6 Å². The number of amides is 1. The van der Waals surface area contributed by atoms with E-state index < -0.39 is 0 Å². The van der Waals surface area contributed by atoms with Gasteiger partial charge in [0.15, 0.2) is 0 Å². The molecule has 1 atom stereocenters. The summed E-state index contributed by atoms with van der Waals surface area (Å²) in [6.45, 7) is 7.36. The Morgan fingerprint density at radius 3 is 2.82 bits per heavy atom. The molecule has 2 heterocycles. The Morgan fingerprint density at radius 2 is 2.29 bits per heavy atom. The Labute approximate surface area is 102 Å². The summed E-state index contributed by atoms with van der Waals surface area (Å²) in [4.78, 5) is 13.8. The van der Waals surface area contributed by atoms with E-state index in [1.807, 2.05) is 22.6 Å². The van der Waals surface area contributed by atoms with Crippen molar-refractivity contribution in [2.75, 3.05) is 18.0 Å². The van der Waals surface area contributed by atoms with Gasteiger partial charge in [-0.25, -0.2) is 4.68 Å². The number of carbonyl (C=O) groups excluding carboxylic acids is 1. The first kappa shape index (κ1) is 12.1. The molecule has 94 valence electrons. The molecular formula is C12H20N4O. The zero-order chi connectivity index (χ0) is 12.6. The fourth-order valence-electron chi connectivity index (χ4n) is 2.25. The van der Waals surface area contributed by atoms with E-state index in [9.17, 15) is 4.79 Å². The van der Waals surface area contributed by atoms with Crippen LogP contribution in [0.15, 0.2) is 6.07 Å². The molecule has 1 unspecified atom stereocenters. The van der Waals surface area contributed by atoms with Gasteiger partial charge in [-0.05, 0) is 33.2 Å². The predicted molar refractivity (Wildman–Crippen MR) is 66.9 cm³/mol. The number of nitrogens with two attached hydrogens (primary N) is 1. The molecule has 1 amide bonds. The molecule has 1 saturated heterocycles. The average Bonchev–Trinajstić information content (AvgIpc) is 2.81. The van der Waals surface area contributed by atoms with Crippen molar-refractivity contribution in [3.63, 3.8) is 0 Å². The van der Waals surface area contributed by atoms with Crippen molar-refractivity contribution in [3.05, 3.63) is 11.8 Å². The quantitative estimate of drug-likeness (QED) is 0.854. The van der Waals surface area contributed by atoms with Crippen LogP contribution in [0.1, 0.15) is 32.0 Å². The molecule has 1 fully saturated rings. The summed E-state index contributed by atoms with van der Waals surface area (Å²) in [5.41, 5.74) is 6.58. The molecule has 0 aliphatic carbocycles. The van der Waals surface area contributed by atoms with E-state index in [4.69, 9.17) is 5.73 Å². The maximum absolute atomic E-state index is 12.0. The van der Waals surface area contributed by atoms with Crippen LogP contribution in [-0.2, 0) is 4.79 Å². The Kier molecular flexibility index (Phi) is 3.19. The second kappa shape index (κ2) is 4.49. The van der Waals surface area contributed by atoms with Crippen LogP contribution in [0, 0.1) is 12.8 Å². The molecule has 0 saturated carbocycles. The largest absolute Gasteiger partial charge is 0.330 e. The minimum atomic E-state index is 0.155. The molecule has 0 radical (unpaired) electrons. The summed E-state index contributed by atoms with van der Waals surface area (Å²) < 4.78 is 1.91. The monoisotopic (exact) mass is 236 g/mol. The lowest BCUT2D eigenvalue weighted by atomic mass is 10.1. The van der Waals surface area contributed by atoms with Gasteiger partial charge in [0.2, 0.25) is 5.91 Å². The first-order chi connectivity index (χ1) is 8.02. The van der Waals surface area contributed by atoms with Crippen molar-refractivity contribution in [2.45, 2.75) is 33.2 Å². The maximum atomic E-state index is 12.0. The lowest BCUT2D eigenvalue weighted by Crippen LogP contribution is -2.28. The molecule has 5 heteroatoms. The summed E-state index contributed by atoms with van der Waals surface area (Å²) in [5, 5.41) is 4.43. The van der Waals surface area contributed by atoms with Crippen molar-refractivity contribution in [2.24, 2.45) is 11.7 Å². The van der Waals surface area contributed by atoms with Gasteiger partial charge in [-0.3, -0.25) is 9.69 Å². The fraction of sp³-hybridized carbons (Fsp3) is 0.667. The van der Waals surface area contributed by atoms with Crippen molar-refractivity contribution in [3.8, 4) is 0 Å². The average molecular weight is 236 g/mol. The molecule has 1 aliphatic heterocycles. The van der Waals surface area contributed by atoms with Gasteiger partial charge in [0.05, 0.1) is 5.69 Å². The van der Waals surface area contributed by atoms with Gasteiger partial charge in [0.1, 0.15) is 5.82 Å². The van der Waals surface area contributed by atoms with Crippen LogP contribution in [-0.4, -0.2) is 28.8 Å². The maximum Gasteiger partial charge on any atom is 0.228 e. The number of aryl methyl sites for hydroxylation is 1. The molecule has 0 aromatic carbocycles. The molecule has 2 rings (SSSR count). The molecule has 0 bridgehead atoms. The van der Waals surface area contributed by atoms with E-state index in [2.05, 4.69) is 18.9 Å². The summed E-state index contributed by atoms with van der Waals surface area (Å²) in [5.74, 6) is 1.33. The zero-order valence-corrected chi connectivity index (χ0v) is 10.7. The van der Waals surface area contributed by atoms with Crippen LogP contribution in [0.25, 0.3) is 0 Å². The van der Waals surface area contributed by atoms with Crippen LogP contribution in [0.3, 0.4) is 0 Å². The highest BCUT2D eigenvalue weighted by molar-refractivity contribution is 5.95. The summed E-state index contributed by atoms with van der Waals surface area (Å²) in [6, 6.07) is 2.22. The lowest BCUT2D eigenvalue weighted by Gasteiger charge is -2.19. The van der Waals surface area contributed by atoms with Crippen molar-refractivity contribution in [1.82, 2.24) is 9.78 Å². The van der Waals surface area contributed by atoms with Gasteiger partial charge >= 0.3 is 0 Å². The van der Waals surface area contributed by atoms with Crippen LogP contribution in [0.2, 0.25) is 0 Å². The van der Waals surface area contributed by atoms with Gasteiger partial charge < -0.3 is 5.73 Å². The summed E-state index contributed by atoms with van der Waals surface area (Å²) in [6.07, 6.45) is 0.554. The molecule has 2 N–H and O–H groups in total. The number of anilines is 1. The smallest absolute Gasteiger partial charge is 0.228 e. The van der Waals surface area contributed by atoms with Gasteiger partial charge in [-0.15, -0.1) is 0 Å². The number of nitrogens with zero attached hydrogens (tertiary/aromatic N) is 3. The van der Waals surface area contributed by atoms with E-state index in [1.54, 1.807) is 0 Å². The zero-order valence-electron chi connectivity index (χ0n) is 10.7. The minimum Gasteiger partial charge on any atom is -0.330 e. The van der Waals surface area contributed by atoms with E-state index in [1.165, 1.54) is 0 Å². The molecular weight excluding hydrogens is 216 g/mol. The third-order valence-corrected chi connectivity index (χ3v) is 3.14. The number of hydrogen-bond donors (Lipinski definition) is 1. The molecule has 0 spiro atoms. The number of rotatable bonds is 3. The second-order valence-electron chi connectivity index (χ2n) is 4.99. The normalized spacial score (nSPS) is 20.6. The van der Waals surface area contributed by atoms with Gasteiger partial charge in [0.25, 0.3) is 0 Å². The van der Waals surface area contributed by atoms with Crippen LogP contribution >= 0.6 is 0 Å². The molecule has 1 aliphatic rings. The van der Waals surface area contributed by atoms with Crippen LogP contribution in [0.5, 0.6) is 0 Å². The minimum absolute atomic E-state index is 0.155. The SMILES string of the molecule is Cc1cc(N2CC(CN)CC2=O)n(C(C)C)n1. The lowest BCUT2D eigenvalue weighted by molar-refractivity contribution is -0.117. The first-order valence-corrected chi connectivity index (χ1v) is 6.09. The summed E-state index contributed by atoms with van der Waals surface area (Å²) in [7, 11) is 0. The molecule has 17 heavy (non-hydrogen) atoms. The Hall–Kier alpha value is -1.36. The predicted octanol–water partition coefficient (Wildman–Crippen LogP) is 1.08. The van der Waals surface area contributed by atoms with E-state index in [0.29, 0.717) is 19.5 Å². The van der Waals surface area contributed by atoms with Gasteiger partial charge in [-0.2, -0.15) is 5.10 Å². The molecule has 1 aromatic heterocycles. The van der Waals surface area contributed by atoms with Crippen molar-refractivity contribution in [1.29, 1.82) is 0 Å². The van der Waals surface area contributed by atoms with Gasteiger partial charge in [0, 0.05) is 25.1 Å². The summed E-state index contributed by atoms with van der Waals surface area (Å²) >= 11 is 0. The molecule has 1 aromatic rings. The highest BCUT2D eigenvalue weighted by Crippen LogP contribution is 2.27. The highest BCUT2D eigenvalue weighted by Gasteiger charge is 2.32. The van der Waals surface area contributed by atoms with E-state index >= 15 is 0 Å². The third-order valence-electron chi connectivity index (χ3n) is 3.14. The number of carbonyl (C=O) groups is 1. The Morgan fingerprint density at radius 1 is 1.59 bits per heavy atom. The van der Waals surface area contributed by atoms with Gasteiger partial charge in [-0.1, -0.05) is 0 Å². The topological polar surface area (TPSA) is 64.2 Å². The molecule has 5 nitrogen and oxygen atoms in total. The Bertz CT molecular complexity index is 424.